The third-order valence-electron chi connectivity index (χ3n) is 5.03. The summed E-state index contributed by atoms with van der Waals surface area (Å²) < 4.78 is 29.7. The topological polar surface area (TPSA) is 119 Å². The number of anilines is 1. The van der Waals surface area contributed by atoms with E-state index in [1.807, 2.05) is 0 Å². The van der Waals surface area contributed by atoms with Gasteiger partial charge >= 0.3 is 16.1 Å². The van der Waals surface area contributed by atoms with Crippen LogP contribution in [0.1, 0.15) is 19.8 Å². The number of likely N-dealkylation sites (N-methyl/N-ethyl adjacent to an activating group) is 1. The average Bonchev–Trinajstić information content (AvgIpc) is 3.14. The van der Waals surface area contributed by atoms with E-state index in [-0.39, 0.29) is 10.8 Å². The summed E-state index contributed by atoms with van der Waals surface area (Å²) in [4.78, 5) is 25.6. The number of nitrogens with two attached hydrogens (primary N) is 1. The molecule has 30 heavy (non-hydrogen) atoms. The molecule has 3 rings (SSSR count). The maximum Gasteiger partial charge on any atom is 0.341 e. The molecule has 0 aromatic heterocycles. The number of likely N-dealkylation sites (tertiary alicyclic amines) is 1. The van der Waals surface area contributed by atoms with Gasteiger partial charge in [0.25, 0.3) is 0 Å². The smallest absolute Gasteiger partial charge is 0.341 e. The highest BCUT2D eigenvalue weighted by Crippen LogP contribution is 2.25. The number of nitrogens with one attached hydrogen (secondary N) is 1. The predicted molar refractivity (Wildman–Crippen MR) is 113 cm³/mol. The van der Waals surface area contributed by atoms with Crippen LogP contribution in [0.3, 0.4) is 0 Å². The fourth-order valence-electron chi connectivity index (χ4n) is 3.24. The van der Waals surface area contributed by atoms with Crippen LogP contribution < -0.4 is 11.1 Å². The lowest BCUT2D eigenvalue weighted by Gasteiger charge is -2.17. The highest BCUT2D eigenvalue weighted by Gasteiger charge is 2.32. The van der Waals surface area contributed by atoms with Gasteiger partial charge in [-0.2, -0.15) is 8.42 Å². The van der Waals surface area contributed by atoms with E-state index in [9.17, 15) is 18.0 Å². The number of nitrogens with zero attached hydrogens (tertiary/aromatic N) is 1. The number of carbonyl (C=O) groups is 2. The van der Waals surface area contributed by atoms with Crippen LogP contribution in [0.15, 0.2) is 53.4 Å². The molecule has 0 radical (unpaired) electrons. The molecule has 0 aliphatic carbocycles. The van der Waals surface area contributed by atoms with Crippen molar-refractivity contribution in [1.29, 1.82) is 0 Å². The van der Waals surface area contributed by atoms with Crippen LogP contribution in [0.4, 0.5) is 5.69 Å². The molecule has 160 valence electrons. The van der Waals surface area contributed by atoms with Crippen LogP contribution >= 0.6 is 0 Å². The zero-order valence-corrected chi connectivity index (χ0v) is 17.7. The minimum atomic E-state index is -4.18. The molecule has 9 heteroatoms. The van der Waals surface area contributed by atoms with Crippen molar-refractivity contribution in [3.05, 3.63) is 48.5 Å². The van der Waals surface area contributed by atoms with Crippen LogP contribution in [0.2, 0.25) is 0 Å². The van der Waals surface area contributed by atoms with Crippen LogP contribution in [0.25, 0.3) is 11.1 Å². The predicted octanol–water partition coefficient (Wildman–Crippen LogP) is 1.97. The number of carbonyl (C=O) groups excluding carboxylic acids is 2. The fourth-order valence-corrected chi connectivity index (χ4v) is 4.13. The fraction of sp³-hybridized carbons (Fsp3) is 0.333. The van der Waals surface area contributed by atoms with Gasteiger partial charge in [-0.1, -0.05) is 24.3 Å². The molecule has 0 bridgehead atoms. The Hall–Kier alpha value is -2.75. The largest absolute Gasteiger partial charge is 0.341 e. The van der Waals surface area contributed by atoms with Crippen molar-refractivity contribution in [1.82, 2.24) is 4.90 Å². The van der Waals surface area contributed by atoms with E-state index in [1.165, 1.54) is 12.1 Å². The molecule has 1 amide bonds. The minimum Gasteiger partial charge on any atom is -0.341 e. The van der Waals surface area contributed by atoms with Crippen molar-refractivity contribution in [2.45, 2.75) is 36.7 Å². The minimum absolute atomic E-state index is 0.0823. The molecule has 0 spiro atoms. The van der Waals surface area contributed by atoms with E-state index in [4.69, 9.17) is 9.92 Å². The molecule has 1 aliphatic heterocycles. The second kappa shape index (κ2) is 8.95. The molecule has 2 atom stereocenters. The second-order valence-corrected chi connectivity index (χ2v) is 8.92. The Morgan fingerprint density at radius 3 is 2.17 bits per heavy atom. The van der Waals surface area contributed by atoms with E-state index < -0.39 is 28.2 Å². The summed E-state index contributed by atoms with van der Waals surface area (Å²) in [5.41, 5.74) is 7.76. The quantitative estimate of drug-likeness (QED) is 0.671. The first-order chi connectivity index (χ1) is 14.2. The molecule has 8 nitrogen and oxygen atoms in total. The van der Waals surface area contributed by atoms with Gasteiger partial charge in [0.05, 0.1) is 6.04 Å². The average molecular weight is 432 g/mol. The third kappa shape index (κ3) is 5.05. The van der Waals surface area contributed by atoms with E-state index in [0.29, 0.717) is 12.1 Å². The van der Waals surface area contributed by atoms with Gasteiger partial charge in [0.15, 0.2) is 0 Å². The standard InChI is InChI=1S/C21H25N3O5S/c1-14(22)20(25)23-17-9-5-15(6-10-17)16-7-11-18(12-8-16)30(27,28)29-21(26)19-4-3-13-24(19)2/h5-12,14,19H,3-4,13,22H2,1-2H3,(H,23,25)/t14-,19?/m0/s1. The highest BCUT2D eigenvalue weighted by molar-refractivity contribution is 7.87. The van der Waals surface area contributed by atoms with Crippen molar-refractivity contribution in [3.63, 3.8) is 0 Å². The Labute approximate surface area is 176 Å². The van der Waals surface area contributed by atoms with E-state index in [2.05, 4.69) is 5.32 Å². The molecule has 2 aromatic carbocycles. The molecule has 1 fully saturated rings. The molecule has 1 unspecified atom stereocenters. The zero-order chi connectivity index (χ0) is 21.9. The highest BCUT2D eigenvalue weighted by atomic mass is 32.2. The molecule has 3 N–H and O–H groups in total. The maximum atomic E-state index is 12.4. The Bertz CT molecular complexity index is 1020. The summed E-state index contributed by atoms with van der Waals surface area (Å²) in [6.45, 7) is 2.34. The lowest BCUT2D eigenvalue weighted by Crippen LogP contribution is -2.35. The SMILES string of the molecule is C[C@H](N)C(=O)Nc1ccc(-c2ccc(S(=O)(=O)OC(=O)C3CCCN3C)cc2)cc1. The Kier molecular flexibility index (Phi) is 6.55. The van der Waals surface area contributed by atoms with Crippen molar-refractivity contribution in [3.8, 4) is 11.1 Å². The van der Waals surface area contributed by atoms with E-state index >= 15 is 0 Å². The lowest BCUT2D eigenvalue weighted by molar-refractivity contribution is -0.138. The monoisotopic (exact) mass is 431 g/mol. The maximum absolute atomic E-state index is 12.4. The second-order valence-electron chi connectivity index (χ2n) is 7.37. The normalized spacial score (nSPS) is 18.0. The first-order valence-corrected chi connectivity index (χ1v) is 11.0. The van der Waals surface area contributed by atoms with Gasteiger partial charge in [0.1, 0.15) is 10.9 Å². The summed E-state index contributed by atoms with van der Waals surface area (Å²) >= 11 is 0. The summed E-state index contributed by atoms with van der Waals surface area (Å²) in [6, 6.07) is 12.0. The lowest BCUT2D eigenvalue weighted by atomic mass is 10.1. The van der Waals surface area contributed by atoms with Gasteiger partial charge in [0, 0.05) is 5.69 Å². The number of benzene rings is 2. The van der Waals surface area contributed by atoms with Crippen molar-refractivity contribution in [2.24, 2.45) is 5.73 Å². The van der Waals surface area contributed by atoms with Crippen LogP contribution in [0, 0.1) is 0 Å². The van der Waals surface area contributed by atoms with Gasteiger partial charge < -0.3 is 15.2 Å². The molecular weight excluding hydrogens is 406 g/mol. The van der Waals surface area contributed by atoms with Crippen LogP contribution in [-0.4, -0.2) is 50.9 Å². The van der Waals surface area contributed by atoms with Crippen molar-refractivity contribution < 1.29 is 22.2 Å². The number of hydrogen-bond acceptors (Lipinski definition) is 7. The molecule has 1 saturated heterocycles. The third-order valence-corrected chi connectivity index (χ3v) is 6.26. The Balaban J connectivity index is 1.69. The molecular formula is C21H25N3O5S. The number of hydrogen-bond donors (Lipinski definition) is 2. The van der Waals surface area contributed by atoms with Crippen molar-refractivity contribution >= 4 is 27.7 Å². The summed E-state index contributed by atoms with van der Waals surface area (Å²) in [7, 11) is -2.41. The Morgan fingerprint density at radius 1 is 1.10 bits per heavy atom. The summed E-state index contributed by atoms with van der Waals surface area (Å²) in [5, 5.41) is 2.70. The summed E-state index contributed by atoms with van der Waals surface area (Å²) in [6.07, 6.45) is 1.42. The molecule has 2 aromatic rings. The van der Waals surface area contributed by atoms with Gasteiger partial charge in [-0.05, 0) is 68.8 Å². The Morgan fingerprint density at radius 2 is 1.67 bits per heavy atom. The number of rotatable bonds is 6. The van der Waals surface area contributed by atoms with Gasteiger partial charge in [0.2, 0.25) is 5.91 Å². The van der Waals surface area contributed by atoms with E-state index in [1.54, 1.807) is 55.3 Å². The van der Waals surface area contributed by atoms with Gasteiger partial charge in [-0.15, -0.1) is 0 Å². The van der Waals surface area contributed by atoms with E-state index in [0.717, 1.165) is 24.1 Å². The van der Waals surface area contributed by atoms with Crippen LogP contribution in [-0.2, 0) is 23.9 Å². The first kappa shape index (κ1) is 21.9. The van der Waals surface area contributed by atoms with Crippen molar-refractivity contribution in [2.75, 3.05) is 18.9 Å². The van der Waals surface area contributed by atoms with Gasteiger partial charge in [-0.3, -0.25) is 9.69 Å². The van der Waals surface area contributed by atoms with Crippen LogP contribution in [0.5, 0.6) is 0 Å². The molecule has 1 heterocycles. The first-order valence-electron chi connectivity index (χ1n) is 9.63. The zero-order valence-electron chi connectivity index (χ0n) is 16.9. The molecule has 1 aliphatic rings. The summed E-state index contributed by atoms with van der Waals surface area (Å²) in [5.74, 6) is -1.03. The van der Waals surface area contributed by atoms with Gasteiger partial charge in [-0.25, -0.2) is 4.79 Å². The number of amides is 1. The molecule has 0 saturated carbocycles.